The third-order valence-corrected chi connectivity index (χ3v) is 3.77. The molecule has 1 aliphatic heterocycles. The number of nitrogens with one attached hydrogen (secondary N) is 1. The Morgan fingerprint density at radius 2 is 2.11 bits per heavy atom. The number of halogens is 1. The molecule has 4 heteroatoms. The SMILES string of the molecule is CC(C)(CN)N=C1CC(C)(C)c2cc(Cl)ccc2N1. The second-order valence-corrected chi connectivity index (χ2v) is 6.89. The maximum atomic E-state index is 6.09. The number of nitrogens with two attached hydrogens (primary N) is 1. The Hall–Kier alpha value is -1.06. The lowest BCUT2D eigenvalue weighted by Crippen LogP contribution is -2.37. The van der Waals surface area contributed by atoms with E-state index in [2.05, 4.69) is 19.2 Å². The molecule has 0 radical (unpaired) electrons. The van der Waals surface area contributed by atoms with Gasteiger partial charge in [-0.1, -0.05) is 25.4 Å². The molecule has 0 fully saturated rings. The van der Waals surface area contributed by atoms with E-state index in [9.17, 15) is 0 Å². The topological polar surface area (TPSA) is 50.4 Å². The predicted molar refractivity (Wildman–Crippen MR) is 83.3 cm³/mol. The van der Waals surface area contributed by atoms with E-state index >= 15 is 0 Å². The summed E-state index contributed by atoms with van der Waals surface area (Å²) >= 11 is 6.09. The van der Waals surface area contributed by atoms with Crippen molar-refractivity contribution in [3.8, 4) is 0 Å². The van der Waals surface area contributed by atoms with Crippen molar-refractivity contribution < 1.29 is 0 Å². The average molecular weight is 280 g/mol. The molecule has 0 aliphatic carbocycles. The van der Waals surface area contributed by atoms with Crippen LogP contribution in [0, 0.1) is 0 Å². The van der Waals surface area contributed by atoms with Crippen molar-refractivity contribution in [2.75, 3.05) is 11.9 Å². The summed E-state index contributed by atoms with van der Waals surface area (Å²) in [6.07, 6.45) is 0.865. The van der Waals surface area contributed by atoms with Crippen LogP contribution >= 0.6 is 11.6 Å². The zero-order chi connectivity index (χ0) is 14.3. The lowest BCUT2D eigenvalue weighted by atomic mass is 9.78. The van der Waals surface area contributed by atoms with Gasteiger partial charge in [0.2, 0.25) is 0 Å². The Kier molecular flexibility index (Phi) is 3.63. The number of anilines is 1. The smallest absolute Gasteiger partial charge is 0.102 e. The van der Waals surface area contributed by atoms with Crippen LogP contribution in [-0.4, -0.2) is 17.9 Å². The van der Waals surface area contributed by atoms with Gasteiger partial charge in [0.05, 0.1) is 5.54 Å². The highest BCUT2D eigenvalue weighted by atomic mass is 35.5. The van der Waals surface area contributed by atoms with Gasteiger partial charge in [0, 0.05) is 23.7 Å². The van der Waals surface area contributed by atoms with Gasteiger partial charge in [0.25, 0.3) is 0 Å². The third-order valence-electron chi connectivity index (χ3n) is 3.54. The van der Waals surface area contributed by atoms with Gasteiger partial charge < -0.3 is 11.1 Å². The molecule has 0 bridgehead atoms. The summed E-state index contributed by atoms with van der Waals surface area (Å²) in [5.74, 6) is 0.996. The predicted octanol–water partition coefficient (Wildman–Crippen LogP) is 3.57. The van der Waals surface area contributed by atoms with Crippen LogP contribution < -0.4 is 11.1 Å². The number of benzene rings is 1. The molecular formula is C15H22ClN3. The quantitative estimate of drug-likeness (QED) is 0.869. The van der Waals surface area contributed by atoms with Crippen LogP contribution in [0.2, 0.25) is 5.02 Å². The fraction of sp³-hybridized carbons (Fsp3) is 0.533. The Bertz CT molecular complexity index is 518. The minimum absolute atomic E-state index is 0.0228. The first-order valence-electron chi connectivity index (χ1n) is 6.59. The van der Waals surface area contributed by atoms with Crippen LogP contribution in [0.5, 0.6) is 0 Å². The molecule has 0 unspecified atom stereocenters. The van der Waals surface area contributed by atoms with E-state index in [0.29, 0.717) is 6.54 Å². The van der Waals surface area contributed by atoms with E-state index < -0.39 is 0 Å². The van der Waals surface area contributed by atoms with Gasteiger partial charge in [0.1, 0.15) is 5.84 Å². The monoisotopic (exact) mass is 279 g/mol. The Morgan fingerprint density at radius 3 is 2.74 bits per heavy atom. The van der Waals surface area contributed by atoms with Crippen molar-refractivity contribution in [1.29, 1.82) is 0 Å². The molecule has 0 atom stereocenters. The van der Waals surface area contributed by atoms with Crippen LogP contribution in [0.1, 0.15) is 39.7 Å². The van der Waals surface area contributed by atoms with Crippen molar-refractivity contribution in [3.05, 3.63) is 28.8 Å². The lowest BCUT2D eigenvalue weighted by molar-refractivity contribution is 0.512. The normalized spacial score (nSPS) is 20.0. The number of rotatable bonds is 2. The van der Waals surface area contributed by atoms with Crippen LogP contribution in [0.25, 0.3) is 0 Å². The molecule has 0 spiro atoms. The highest BCUT2D eigenvalue weighted by Gasteiger charge is 2.31. The maximum absolute atomic E-state index is 6.09. The lowest BCUT2D eigenvalue weighted by Gasteiger charge is -2.35. The van der Waals surface area contributed by atoms with E-state index in [-0.39, 0.29) is 11.0 Å². The second kappa shape index (κ2) is 4.80. The first-order chi connectivity index (χ1) is 8.73. The molecular weight excluding hydrogens is 258 g/mol. The van der Waals surface area contributed by atoms with Crippen LogP contribution in [0.3, 0.4) is 0 Å². The van der Waals surface area contributed by atoms with E-state index in [0.717, 1.165) is 23.0 Å². The summed E-state index contributed by atoms with van der Waals surface area (Å²) in [6.45, 7) is 9.06. The molecule has 0 aromatic heterocycles. The van der Waals surface area contributed by atoms with Crippen molar-refractivity contribution in [3.63, 3.8) is 0 Å². The highest BCUT2D eigenvalue weighted by Crippen LogP contribution is 2.39. The van der Waals surface area contributed by atoms with E-state index in [1.807, 2.05) is 32.0 Å². The van der Waals surface area contributed by atoms with Crippen molar-refractivity contribution in [1.82, 2.24) is 0 Å². The number of hydrogen-bond donors (Lipinski definition) is 2. The number of hydrogen-bond acceptors (Lipinski definition) is 2. The van der Waals surface area contributed by atoms with Gasteiger partial charge in [-0.25, -0.2) is 0 Å². The minimum atomic E-state index is -0.234. The van der Waals surface area contributed by atoms with Crippen molar-refractivity contribution in [2.45, 2.75) is 45.1 Å². The summed E-state index contributed by atoms with van der Waals surface area (Å²) in [4.78, 5) is 4.75. The Morgan fingerprint density at radius 1 is 1.42 bits per heavy atom. The summed E-state index contributed by atoms with van der Waals surface area (Å²) in [5, 5.41) is 4.18. The summed E-state index contributed by atoms with van der Waals surface area (Å²) in [6, 6.07) is 5.96. The van der Waals surface area contributed by atoms with Gasteiger partial charge in [-0.3, -0.25) is 4.99 Å². The van der Waals surface area contributed by atoms with E-state index in [1.165, 1.54) is 5.56 Å². The molecule has 19 heavy (non-hydrogen) atoms. The molecule has 104 valence electrons. The third kappa shape index (κ3) is 3.10. The fourth-order valence-electron chi connectivity index (χ4n) is 2.38. The average Bonchev–Trinajstić information content (AvgIpc) is 2.29. The first-order valence-corrected chi connectivity index (χ1v) is 6.97. The molecule has 0 saturated heterocycles. The first kappa shape index (κ1) is 14.4. The largest absolute Gasteiger partial charge is 0.344 e. The van der Waals surface area contributed by atoms with E-state index in [4.69, 9.17) is 22.3 Å². The summed E-state index contributed by atoms with van der Waals surface area (Å²) in [7, 11) is 0. The second-order valence-electron chi connectivity index (χ2n) is 6.45. The zero-order valence-corrected chi connectivity index (χ0v) is 12.8. The number of aliphatic imine (C=N–C) groups is 1. The molecule has 0 amide bonds. The van der Waals surface area contributed by atoms with Gasteiger partial charge in [-0.15, -0.1) is 0 Å². The molecule has 3 nitrogen and oxygen atoms in total. The van der Waals surface area contributed by atoms with Gasteiger partial charge in [-0.05, 0) is 43.0 Å². The molecule has 1 aromatic rings. The highest BCUT2D eigenvalue weighted by molar-refractivity contribution is 6.30. The van der Waals surface area contributed by atoms with Gasteiger partial charge >= 0.3 is 0 Å². The zero-order valence-electron chi connectivity index (χ0n) is 12.0. The van der Waals surface area contributed by atoms with E-state index in [1.54, 1.807) is 0 Å². The van der Waals surface area contributed by atoms with Crippen LogP contribution in [0.4, 0.5) is 5.69 Å². The number of fused-ring (bicyclic) bond motifs is 1. The number of nitrogens with zero attached hydrogens (tertiary/aromatic N) is 1. The van der Waals surface area contributed by atoms with Gasteiger partial charge in [0.15, 0.2) is 0 Å². The molecule has 1 aromatic carbocycles. The summed E-state index contributed by atoms with van der Waals surface area (Å²) in [5.41, 5.74) is 7.87. The molecule has 3 N–H and O–H groups in total. The molecule has 2 rings (SSSR count). The molecule has 1 aliphatic rings. The van der Waals surface area contributed by atoms with Gasteiger partial charge in [-0.2, -0.15) is 0 Å². The standard InChI is InChI=1S/C15H22ClN3/c1-14(2)8-13(19-15(3,4)9-17)18-12-6-5-10(16)7-11(12)14/h5-7H,8-9,17H2,1-4H3,(H,18,19). The minimum Gasteiger partial charge on any atom is -0.344 e. The Labute approximate surface area is 120 Å². The summed E-state index contributed by atoms with van der Waals surface area (Å²) < 4.78 is 0. The fourth-order valence-corrected chi connectivity index (χ4v) is 2.55. The van der Waals surface area contributed by atoms with Crippen molar-refractivity contribution in [2.24, 2.45) is 10.7 Å². The molecule has 1 heterocycles. The van der Waals surface area contributed by atoms with Crippen LogP contribution in [-0.2, 0) is 5.41 Å². The number of amidine groups is 1. The van der Waals surface area contributed by atoms with Crippen molar-refractivity contribution >= 4 is 23.1 Å². The molecule has 0 saturated carbocycles. The van der Waals surface area contributed by atoms with Crippen LogP contribution in [0.15, 0.2) is 23.2 Å². The maximum Gasteiger partial charge on any atom is 0.102 e. The Balaban J connectivity index is 2.41.